The molecule has 0 amide bonds. The van der Waals surface area contributed by atoms with Crippen LogP contribution in [0, 0.1) is 0 Å². The fraction of sp³-hybridized carbons (Fsp3) is 0.571. The summed E-state index contributed by atoms with van der Waals surface area (Å²) in [6.07, 6.45) is 7.04. The fourth-order valence-electron chi connectivity index (χ4n) is 2.00. The lowest BCUT2D eigenvalue weighted by Gasteiger charge is -2.19. The Morgan fingerprint density at radius 1 is 1.42 bits per heavy atom. The molecule has 0 spiro atoms. The van der Waals surface area contributed by atoms with Gasteiger partial charge in [0.05, 0.1) is 0 Å². The van der Waals surface area contributed by atoms with Crippen molar-refractivity contribution in [1.29, 1.82) is 0 Å². The number of hydrogen-bond donors (Lipinski definition) is 2. The largest absolute Gasteiger partial charge is 0.478 e. The summed E-state index contributed by atoms with van der Waals surface area (Å²) in [7, 11) is 0. The molecule has 1 aromatic heterocycles. The van der Waals surface area contributed by atoms with Crippen LogP contribution in [0.1, 0.15) is 56.3 Å². The van der Waals surface area contributed by atoms with Crippen LogP contribution in [0.4, 0.5) is 5.82 Å². The van der Waals surface area contributed by atoms with Crippen LogP contribution in [0.15, 0.2) is 16.7 Å². The van der Waals surface area contributed by atoms with E-state index in [1.54, 1.807) is 12.3 Å². The van der Waals surface area contributed by atoms with Crippen LogP contribution >= 0.6 is 15.9 Å². The normalized spacial score (nSPS) is 12.2. The first-order valence-electron chi connectivity index (χ1n) is 6.73. The van der Waals surface area contributed by atoms with Crippen LogP contribution < -0.4 is 5.32 Å². The second-order valence-corrected chi connectivity index (χ2v) is 5.54. The Bertz CT molecular complexity index is 424. The topological polar surface area (TPSA) is 62.2 Å². The molecule has 0 radical (unpaired) electrons. The van der Waals surface area contributed by atoms with E-state index in [0.29, 0.717) is 10.3 Å². The summed E-state index contributed by atoms with van der Waals surface area (Å²) >= 11 is 3.25. The van der Waals surface area contributed by atoms with Gasteiger partial charge >= 0.3 is 5.97 Å². The number of rotatable bonds is 8. The lowest BCUT2D eigenvalue weighted by Crippen LogP contribution is -2.21. The zero-order chi connectivity index (χ0) is 14.3. The van der Waals surface area contributed by atoms with Gasteiger partial charge in [-0.3, -0.25) is 0 Å². The molecule has 0 aromatic carbocycles. The monoisotopic (exact) mass is 328 g/mol. The molecular formula is C14H21BrN2O2. The number of hydrogen-bond acceptors (Lipinski definition) is 3. The minimum atomic E-state index is -0.956. The summed E-state index contributed by atoms with van der Waals surface area (Å²) in [5.41, 5.74) is 0.215. The summed E-state index contributed by atoms with van der Waals surface area (Å²) in [5, 5.41) is 12.5. The molecule has 1 atom stereocenters. The van der Waals surface area contributed by atoms with E-state index in [1.807, 2.05) is 0 Å². The molecule has 0 fully saturated rings. The van der Waals surface area contributed by atoms with Gasteiger partial charge in [0.15, 0.2) is 0 Å². The second kappa shape index (κ2) is 8.15. The minimum Gasteiger partial charge on any atom is -0.478 e. The molecule has 1 heterocycles. The standard InChI is InChI=1S/C14H21BrN2O2/c1-3-5-7-11(6-4-2)17-13-12(14(18)19)8-10(15)9-16-13/h8-9,11H,3-7H2,1-2H3,(H,16,17)(H,18,19). The lowest BCUT2D eigenvalue weighted by molar-refractivity contribution is 0.0697. The number of nitrogens with one attached hydrogen (secondary N) is 1. The number of aromatic nitrogens is 1. The number of nitrogens with zero attached hydrogens (tertiary/aromatic N) is 1. The van der Waals surface area contributed by atoms with Crippen molar-refractivity contribution in [3.63, 3.8) is 0 Å². The van der Waals surface area contributed by atoms with E-state index in [1.165, 1.54) is 0 Å². The molecular weight excluding hydrogens is 308 g/mol. The first-order valence-corrected chi connectivity index (χ1v) is 7.53. The van der Waals surface area contributed by atoms with Gasteiger partial charge in [0.1, 0.15) is 11.4 Å². The fourth-order valence-corrected chi connectivity index (χ4v) is 2.33. The maximum absolute atomic E-state index is 11.2. The molecule has 5 heteroatoms. The van der Waals surface area contributed by atoms with Gasteiger partial charge in [-0.05, 0) is 34.8 Å². The van der Waals surface area contributed by atoms with Gasteiger partial charge in [-0.2, -0.15) is 0 Å². The van der Waals surface area contributed by atoms with Gasteiger partial charge in [-0.15, -0.1) is 0 Å². The van der Waals surface area contributed by atoms with Crippen LogP contribution in [0.5, 0.6) is 0 Å². The number of halogens is 1. The van der Waals surface area contributed by atoms with Crippen LogP contribution in [0.25, 0.3) is 0 Å². The number of carbonyl (C=O) groups is 1. The third kappa shape index (κ3) is 5.19. The van der Waals surface area contributed by atoms with E-state index in [2.05, 4.69) is 40.1 Å². The highest BCUT2D eigenvalue weighted by atomic mass is 79.9. The average molecular weight is 329 g/mol. The lowest BCUT2D eigenvalue weighted by atomic mass is 10.0. The smallest absolute Gasteiger partial charge is 0.339 e. The van der Waals surface area contributed by atoms with Gasteiger partial charge in [0.25, 0.3) is 0 Å². The molecule has 2 N–H and O–H groups in total. The molecule has 19 heavy (non-hydrogen) atoms. The number of carboxylic acid groups (broad SMARTS) is 1. The average Bonchev–Trinajstić information content (AvgIpc) is 2.38. The predicted octanol–water partition coefficient (Wildman–Crippen LogP) is 4.31. The molecule has 0 aliphatic rings. The van der Waals surface area contributed by atoms with Gasteiger partial charge in [0.2, 0.25) is 0 Å². The molecule has 0 aliphatic carbocycles. The van der Waals surface area contributed by atoms with E-state index in [0.717, 1.165) is 32.1 Å². The molecule has 1 rings (SSSR count). The number of aromatic carboxylic acids is 1. The quantitative estimate of drug-likeness (QED) is 0.746. The Hall–Kier alpha value is -1.10. The zero-order valence-corrected chi connectivity index (χ0v) is 13.0. The van der Waals surface area contributed by atoms with Crippen molar-refractivity contribution < 1.29 is 9.90 Å². The van der Waals surface area contributed by atoms with Crippen LogP contribution in [0.2, 0.25) is 0 Å². The third-order valence-electron chi connectivity index (χ3n) is 2.97. The molecule has 0 bridgehead atoms. The van der Waals surface area contributed by atoms with Crippen molar-refractivity contribution >= 4 is 27.7 Å². The van der Waals surface area contributed by atoms with E-state index in [4.69, 9.17) is 0 Å². The molecule has 0 aliphatic heterocycles. The number of pyridine rings is 1. The van der Waals surface area contributed by atoms with Gasteiger partial charge in [-0.25, -0.2) is 9.78 Å². The minimum absolute atomic E-state index is 0.215. The van der Waals surface area contributed by atoms with Crippen LogP contribution in [-0.4, -0.2) is 22.1 Å². The van der Waals surface area contributed by atoms with Crippen molar-refractivity contribution in [1.82, 2.24) is 4.98 Å². The Morgan fingerprint density at radius 2 is 2.16 bits per heavy atom. The first-order chi connectivity index (χ1) is 9.08. The summed E-state index contributed by atoms with van der Waals surface area (Å²) in [6.45, 7) is 4.29. The number of anilines is 1. The molecule has 0 saturated heterocycles. The molecule has 0 saturated carbocycles. The van der Waals surface area contributed by atoms with Crippen molar-refractivity contribution in [2.75, 3.05) is 5.32 Å². The number of carboxylic acids is 1. The number of unbranched alkanes of at least 4 members (excludes halogenated alkanes) is 1. The van der Waals surface area contributed by atoms with Gasteiger partial charge in [-0.1, -0.05) is 33.1 Å². The highest BCUT2D eigenvalue weighted by Crippen LogP contribution is 2.21. The third-order valence-corrected chi connectivity index (χ3v) is 3.40. The van der Waals surface area contributed by atoms with E-state index in [-0.39, 0.29) is 11.6 Å². The van der Waals surface area contributed by atoms with Crippen molar-refractivity contribution in [2.45, 2.75) is 52.0 Å². The maximum Gasteiger partial charge on any atom is 0.339 e. The molecule has 4 nitrogen and oxygen atoms in total. The van der Waals surface area contributed by atoms with E-state index < -0.39 is 5.97 Å². The van der Waals surface area contributed by atoms with Crippen molar-refractivity contribution in [2.24, 2.45) is 0 Å². The summed E-state index contributed by atoms with van der Waals surface area (Å²) in [4.78, 5) is 15.4. The molecule has 106 valence electrons. The Morgan fingerprint density at radius 3 is 2.74 bits per heavy atom. The zero-order valence-electron chi connectivity index (χ0n) is 11.4. The molecule has 1 aromatic rings. The second-order valence-electron chi connectivity index (χ2n) is 4.63. The Labute approximate surface area is 122 Å². The highest BCUT2D eigenvalue weighted by Gasteiger charge is 2.15. The van der Waals surface area contributed by atoms with E-state index >= 15 is 0 Å². The summed E-state index contributed by atoms with van der Waals surface area (Å²) in [5.74, 6) is -0.493. The highest BCUT2D eigenvalue weighted by molar-refractivity contribution is 9.10. The predicted molar refractivity (Wildman–Crippen MR) is 80.7 cm³/mol. The maximum atomic E-state index is 11.2. The summed E-state index contributed by atoms with van der Waals surface area (Å²) in [6, 6.07) is 1.87. The SMILES string of the molecule is CCCCC(CCC)Nc1ncc(Br)cc1C(=O)O. The van der Waals surface area contributed by atoms with Gasteiger partial charge < -0.3 is 10.4 Å². The van der Waals surface area contributed by atoms with Crippen LogP contribution in [0.3, 0.4) is 0 Å². The van der Waals surface area contributed by atoms with Crippen LogP contribution in [-0.2, 0) is 0 Å². The Kier molecular flexibility index (Phi) is 6.84. The van der Waals surface area contributed by atoms with Gasteiger partial charge in [0, 0.05) is 16.7 Å². The van der Waals surface area contributed by atoms with Crippen molar-refractivity contribution in [3.05, 3.63) is 22.3 Å². The van der Waals surface area contributed by atoms with Crippen molar-refractivity contribution in [3.8, 4) is 0 Å². The Balaban J connectivity index is 2.85. The summed E-state index contributed by atoms with van der Waals surface area (Å²) < 4.78 is 0.677. The first kappa shape index (κ1) is 16.0. The van der Waals surface area contributed by atoms with E-state index in [9.17, 15) is 9.90 Å². The molecule has 1 unspecified atom stereocenters.